The van der Waals surface area contributed by atoms with E-state index in [4.69, 9.17) is 0 Å². The average molecular weight is 349 g/mol. The Balaban J connectivity index is 0.00000192. The molecular formula is C16H20ClF3N2O. The van der Waals surface area contributed by atoms with E-state index in [0.717, 1.165) is 25.3 Å². The fraction of sp³-hybridized carbons (Fsp3) is 0.562. The zero-order chi connectivity index (χ0) is 15.7. The van der Waals surface area contributed by atoms with Crippen LogP contribution in [0.1, 0.15) is 30.4 Å². The van der Waals surface area contributed by atoms with E-state index in [-0.39, 0.29) is 36.3 Å². The summed E-state index contributed by atoms with van der Waals surface area (Å²) in [5.74, 6) is -0.217. The molecule has 2 unspecified atom stereocenters. The maximum absolute atomic E-state index is 13.0. The molecule has 1 aromatic rings. The zero-order valence-corrected chi connectivity index (χ0v) is 13.4. The molecule has 0 saturated carbocycles. The van der Waals surface area contributed by atoms with E-state index in [1.54, 1.807) is 11.0 Å². The Morgan fingerprint density at radius 1 is 1.17 bits per heavy atom. The summed E-state index contributed by atoms with van der Waals surface area (Å²) in [5, 5.41) is 3.46. The number of fused-ring (bicyclic) bond motifs is 2. The van der Waals surface area contributed by atoms with Crippen molar-refractivity contribution in [3.8, 4) is 0 Å². The third kappa shape index (κ3) is 4.18. The predicted octanol–water partition coefficient (Wildman–Crippen LogP) is 3.02. The van der Waals surface area contributed by atoms with Crippen molar-refractivity contribution >= 4 is 18.3 Å². The van der Waals surface area contributed by atoms with Crippen LogP contribution in [-0.4, -0.2) is 36.0 Å². The molecule has 1 amide bonds. The Labute approximate surface area is 139 Å². The highest BCUT2D eigenvalue weighted by Gasteiger charge is 2.35. The molecule has 3 rings (SSSR count). The highest BCUT2D eigenvalue weighted by Crippen LogP contribution is 2.32. The number of benzene rings is 1. The number of carbonyl (C=O) groups is 1. The van der Waals surface area contributed by atoms with E-state index in [1.165, 1.54) is 12.1 Å². The lowest BCUT2D eigenvalue weighted by molar-refractivity contribution is -0.138. The maximum Gasteiger partial charge on any atom is 0.416 e. The SMILES string of the molecule is Cl.O=C(Cc1ccccc1C(F)(F)F)N1CCC2CCC(C1)N2. The van der Waals surface area contributed by atoms with Gasteiger partial charge in [0.2, 0.25) is 5.91 Å². The van der Waals surface area contributed by atoms with Crippen molar-refractivity contribution in [3.05, 3.63) is 35.4 Å². The molecule has 2 fully saturated rings. The van der Waals surface area contributed by atoms with Crippen molar-refractivity contribution < 1.29 is 18.0 Å². The lowest BCUT2D eigenvalue weighted by Crippen LogP contribution is -2.40. The van der Waals surface area contributed by atoms with E-state index >= 15 is 0 Å². The van der Waals surface area contributed by atoms with Crippen molar-refractivity contribution in [3.63, 3.8) is 0 Å². The van der Waals surface area contributed by atoms with Crippen LogP contribution in [0.5, 0.6) is 0 Å². The molecule has 3 nitrogen and oxygen atoms in total. The van der Waals surface area contributed by atoms with Crippen molar-refractivity contribution in [2.75, 3.05) is 13.1 Å². The summed E-state index contributed by atoms with van der Waals surface area (Å²) in [6.07, 6.45) is -1.57. The molecule has 0 radical (unpaired) electrons. The third-order valence-corrected chi connectivity index (χ3v) is 4.54. The second-order valence-electron chi connectivity index (χ2n) is 6.10. The van der Waals surface area contributed by atoms with Crippen LogP contribution in [0.4, 0.5) is 13.2 Å². The van der Waals surface area contributed by atoms with Gasteiger partial charge in [0.05, 0.1) is 12.0 Å². The third-order valence-electron chi connectivity index (χ3n) is 4.54. The van der Waals surface area contributed by atoms with Crippen molar-refractivity contribution in [1.82, 2.24) is 10.2 Å². The topological polar surface area (TPSA) is 32.3 Å². The van der Waals surface area contributed by atoms with Gasteiger partial charge in [0, 0.05) is 25.2 Å². The Morgan fingerprint density at radius 2 is 1.87 bits per heavy atom. The van der Waals surface area contributed by atoms with Crippen molar-refractivity contribution in [1.29, 1.82) is 0 Å². The number of halogens is 4. The first-order chi connectivity index (χ1) is 10.4. The Bertz CT molecular complexity index is 565. The van der Waals surface area contributed by atoms with Crippen LogP contribution < -0.4 is 5.32 Å². The molecule has 0 aromatic heterocycles. The molecule has 0 aliphatic carbocycles. The molecule has 128 valence electrons. The number of nitrogens with zero attached hydrogens (tertiary/aromatic N) is 1. The molecule has 2 heterocycles. The first-order valence-electron chi connectivity index (χ1n) is 7.62. The molecule has 2 aliphatic heterocycles. The van der Waals surface area contributed by atoms with Gasteiger partial charge in [-0.2, -0.15) is 13.2 Å². The number of carbonyl (C=O) groups excluding carboxylic acids is 1. The fourth-order valence-corrected chi connectivity index (χ4v) is 3.40. The largest absolute Gasteiger partial charge is 0.416 e. The van der Waals surface area contributed by atoms with Gasteiger partial charge < -0.3 is 10.2 Å². The van der Waals surface area contributed by atoms with Crippen LogP contribution in [-0.2, 0) is 17.4 Å². The minimum atomic E-state index is -4.42. The minimum absolute atomic E-state index is 0. The lowest BCUT2D eigenvalue weighted by Gasteiger charge is -2.25. The molecule has 1 N–H and O–H groups in total. The van der Waals surface area contributed by atoms with Gasteiger partial charge in [-0.15, -0.1) is 12.4 Å². The second-order valence-corrected chi connectivity index (χ2v) is 6.10. The summed E-state index contributed by atoms with van der Waals surface area (Å²) < 4.78 is 39.0. The van der Waals surface area contributed by atoms with Gasteiger partial charge in [-0.1, -0.05) is 18.2 Å². The standard InChI is InChI=1S/C16H19F3N2O.ClH/c17-16(18,19)14-4-2-1-3-11(14)9-15(22)21-8-7-12-5-6-13(10-21)20-12;/h1-4,12-13,20H,5-10H2;1H. The van der Waals surface area contributed by atoms with Gasteiger partial charge in [-0.25, -0.2) is 0 Å². The Hall–Kier alpha value is -1.27. The second kappa shape index (κ2) is 7.09. The van der Waals surface area contributed by atoms with Crippen LogP contribution in [0.15, 0.2) is 24.3 Å². The molecule has 7 heteroatoms. The molecule has 0 spiro atoms. The molecule has 1 aromatic carbocycles. The number of nitrogens with one attached hydrogen (secondary N) is 1. The molecule has 2 atom stereocenters. The number of alkyl halides is 3. The van der Waals surface area contributed by atoms with Gasteiger partial charge in [-0.05, 0) is 30.9 Å². The number of likely N-dealkylation sites (tertiary alicyclic amines) is 1. The van der Waals surface area contributed by atoms with Crippen LogP contribution >= 0.6 is 12.4 Å². The van der Waals surface area contributed by atoms with Gasteiger partial charge >= 0.3 is 6.18 Å². The highest BCUT2D eigenvalue weighted by atomic mass is 35.5. The maximum atomic E-state index is 13.0. The lowest BCUT2D eigenvalue weighted by atomic mass is 10.0. The molecular weight excluding hydrogens is 329 g/mol. The van der Waals surface area contributed by atoms with Crippen LogP contribution in [0.2, 0.25) is 0 Å². The van der Waals surface area contributed by atoms with Gasteiger partial charge in [0.25, 0.3) is 0 Å². The Morgan fingerprint density at radius 3 is 2.61 bits per heavy atom. The van der Waals surface area contributed by atoms with E-state index in [9.17, 15) is 18.0 Å². The molecule has 23 heavy (non-hydrogen) atoms. The molecule has 2 saturated heterocycles. The summed E-state index contributed by atoms with van der Waals surface area (Å²) >= 11 is 0. The van der Waals surface area contributed by atoms with Gasteiger partial charge in [0.15, 0.2) is 0 Å². The predicted molar refractivity (Wildman–Crippen MR) is 83.5 cm³/mol. The van der Waals surface area contributed by atoms with Crippen LogP contribution in [0, 0.1) is 0 Å². The smallest absolute Gasteiger partial charge is 0.341 e. The highest BCUT2D eigenvalue weighted by molar-refractivity contribution is 5.85. The minimum Gasteiger partial charge on any atom is -0.341 e. The summed E-state index contributed by atoms with van der Waals surface area (Å²) in [6, 6.07) is 6.06. The molecule has 2 aliphatic rings. The summed E-state index contributed by atoms with van der Waals surface area (Å²) in [6.45, 7) is 1.23. The normalized spacial score (nSPS) is 24.0. The first-order valence-corrected chi connectivity index (χ1v) is 7.62. The zero-order valence-electron chi connectivity index (χ0n) is 12.6. The van der Waals surface area contributed by atoms with E-state index < -0.39 is 11.7 Å². The Kier molecular flexibility index (Phi) is 5.57. The summed E-state index contributed by atoms with van der Waals surface area (Å²) in [4.78, 5) is 14.1. The van der Waals surface area contributed by atoms with Crippen molar-refractivity contribution in [2.24, 2.45) is 0 Å². The van der Waals surface area contributed by atoms with E-state index in [1.807, 2.05) is 0 Å². The van der Waals surface area contributed by atoms with Crippen LogP contribution in [0.25, 0.3) is 0 Å². The number of rotatable bonds is 2. The number of hydrogen-bond donors (Lipinski definition) is 1. The molecule has 2 bridgehead atoms. The average Bonchev–Trinajstić information content (AvgIpc) is 2.77. The monoisotopic (exact) mass is 348 g/mol. The van der Waals surface area contributed by atoms with E-state index in [2.05, 4.69) is 5.32 Å². The number of hydrogen-bond acceptors (Lipinski definition) is 2. The van der Waals surface area contributed by atoms with Crippen LogP contribution in [0.3, 0.4) is 0 Å². The number of amides is 1. The van der Waals surface area contributed by atoms with Gasteiger partial charge in [0.1, 0.15) is 0 Å². The first kappa shape index (κ1) is 18.1. The quantitative estimate of drug-likeness (QED) is 0.891. The van der Waals surface area contributed by atoms with E-state index in [0.29, 0.717) is 19.1 Å². The summed E-state index contributed by atoms with van der Waals surface area (Å²) in [5.41, 5.74) is -0.653. The van der Waals surface area contributed by atoms with Gasteiger partial charge in [-0.3, -0.25) is 4.79 Å². The summed E-state index contributed by atoms with van der Waals surface area (Å²) in [7, 11) is 0. The van der Waals surface area contributed by atoms with Crippen molar-refractivity contribution in [2.45, 2.75) is 43.9 Å². The fourth-order valence-electron chi connectivity index (χ4n) is 3.40.